The standard InChI is InChI=1S/C10H14N2O2/c1-3-9-11-5-4-8(12-9)6-7(2)10(13)14/h4-5,7H,3,6H2,1-2H3,(H,13,14). The van der Waals surface area contributed by atoms with Gasteiger partial charge >= 0.3 is 5.97 Å². The summed E-state index contributed by atoms with van der Waals surface area (Å²) in [5.74, 6) is -0.420. The molecule has 1 aromatic heterocycles. The van der Waals surface area contributed by atoms with E-state index in [0.29, 0.717) is 6.42 Å². The van der Waals surface area contributed by atoms with Gasteiger partial charge in [-0.2, -0.15) is 0 Å². The van der Waals surface area contributed by atoms with Gasteiger partial charge in [-0.25, -0.2) is 9.97 Å². The van der Waals surface area contributed by atoms with Crippen LogP contribution in [-0.4, -0.2) is 21.0 Å². The van der Waals surface area contributed by atoms with E-state index in [4.69, 9.17) is 5.11 Å². The third-order valence-corrected chi connectivity index (χ3v) is 2.02. The maximum absolute atomic E-state index is 10.6. The molecule has 1 rings (SSSR count). The molecule has 4 nitrogen and oxygen atoms in total. The fourth-order valence-corrected chi connectivity index (χ4v) is 1.13. The molecule has 0 amide bonds. The number of nitrogens with zero attached hydrogens (tertiary/aromatic N) is 2. The third-order valence-electron chi connectivity index (χ3n) is 2.02. The van der Waals surface area contributed by atoms with Crippen molar-refractivity contribution in [3.8, 4) is 0 Å². The van der Waals surface area contributed by atoms with E-state index in [2.05, 4.69) is 9.97 Å². The first-order chi connectivity index (χ1) is 6.63. The summed E-state index contributed by atoms with van der Waals surface area (Å²) in [6.45, 7) is 3.65. The molecule has 1 N–H and O–H groups in total. The summed E-state index contributed by atoms with van der Waals surface area (Å²) in [5.41, 5.74) is 0.798. The van der Waals surface area contributed by atoms with Crippen molar-refractivity contribution in [1.82, 2.24) is 9.97 Å². The molecular formula is C10H14N2O2. The van der Waals surface area contributed by atoms with Crippen molar-refractivity contribution in [2.24, 2.45) is 5.92 Å². The molecular weight excluding hydrogens is 180 g/mol. The average molecular weight is 194 g/mol. The van der Waals surface area contributed by atoms with Crippen LogP contribution in [0.4, 0.5) is 0 Å². The van der Waals surface area contributed by atoms with Crippen molar-refractivity contribution < 1.29 is 9.90 Å². The van der Waals surface area contributed by atoms with Crippen molar-refractivity contribution in [3.05, 3.63) is 23.8 Å². The Morgan fingerprint density at radius 1 is 1.64 bits per heavy atom. The monoisotopic (exact) mass is 194 g/mol. The Bertz CT molecular complexity index is 326. The van der Waals surface area contributed by atoms with Crippen LogP contribution in [0.3, 0.4) is 0 Å². The number of rotatable bonds is 4. The highest BCUT2D eigenvalue weighted by atomic mass is 16.4. The van der Waals surface area contributed by atoms with Gasteiger partial charge in [-0.3, -0.25) is 4.79 Å². The van der Waals surface area contributed by atoms with E-state index in [-0.39, 0.29) is 0 Å². The highest BCUT2D eigenvalue weighted by Crippen LogP contribution is 2.06. The number of carboxylic acids is 1. The third kappa shape index (κ3) is 2.80. The predicted molar refractivity (Wildman–Crippen MR) is 51.9 cm³/mol. The molecule has 14 heavy (non-hydrogen) atoms. The Hall–Kier alpha value is -1.45. The minimum absolute atomic E-state index is 0.394. The fraction of sp³-hybridized carbons (Fsp3) is 0.500. The van der Waals surface area contributed by atoms with E-state index >= 15 is 0 Å². The van der Waals surface area contributed by atoms with Crippen LogP contribution in [0.5, 0.6) is 0 Å². The van der Waals surface area contributed by atoms with Gasteiger partial charge in [-0.15, -0.1) is 0 Å². The lowest BCUT2D eigenvalue weighted by Gasteiger charge is -2.05. The van der Waals surface area contributed by atoms with Crippen LogP contribution >= 0.6 is 0 Å². The van der Waals surface area contributed by atoms with E-state index in [0.717, 1.165) is 17.9 Å². The van der Waals surface area contributed by atoms with Gasteiger partial charge < -0.3 is 5.11 Å². The second-order valence-electron chi connectivity index (χ2n) is 3.26. The Morgan fingerprint density at radius 3 is 2.93 bits per heavy atom. The Morgan fingerprint density at radius 2 is 2.36 bits per heavy atom. The van der Waals surface area contributed by atoms with Gasteiger partial charge in [0.1, 0.15) is 5.82 Å². The van der Waals surface area contributed by atoms with E-state index in [9.17, 15) is 4.79 Å². The minimum Gasteiger partial charge on any atom is -0.481 e. The molecule has 0 aromatic carbocycles. The van der Waals surface area contributed by atoms with Crippen LogP contribution in [0.15, 0.2) is 12.3 Å². The number of carbonyl (C=O) groups is 1. The van der Waals surface area contributed by atoms with E-state index in [1.807, 2.05) is 6.92 Å². The zero-order valence-electron chi connectivity index (χ0n) is 8.40. The molecule has 0 fully saturated rings. The first-order valence-corrected chi connectivity index (χ1v) is 4.67. The molecule has 0 saturated heterocycles. The Kier molecular flexibility index (Phi) is 3.56. The molecule has 0 radical (unpaired) electrons. The van der Waals surface area contributed by atoms with Gasteiger partial charge in [0.15, 0.2) is 0 Å². The second kappa shape index (κ2) is 4.69. The summed E-state index contributed by atoms with van der Waals surface area (Å²) in [7, 11) is 0. The number of aromatic nitrogens is 2. The fourth-order valence-electron chi connectivity index (χ4n) is 1.13. The first-order valence-electron chi connectivity index (χ1n) is 4.67. The van der Waals surface area contributed by atoms with Crippen molar-refractivity contribution >= 4 is 5.97 Å². The number of aliphatic carboxylic acids is 1. The second-order valence-corrected chi connectivity index (χ2v) is 3.26. The molecule has 1 heterocycles. The zero-order valence-corrected chi connectivity index (χ0v) is 8.40. The maximum atomic E-state index is 10.6. The van der Waals surface area contributed by atoms with E-state index < -0.39 is 11.9 Å². The lowest BCUT2D eigenvalue weighted by atomic mass is 10.1. The first kappa shape index (κ1) is 10.6. The van der Waals surface area contributed by atoms with Gasteiger partial charge in [0.05, 0.1) is 5.92 Å². The molecule has 0 aliphatic carbocycles. The average Bonchev–Trinajstić information content (AvgIpc) is 2.18. The van der Waals surface area contributed by atoms with Gasteiger partial charge in [0, 0.05) is 24.7 Å². The van der Waals surface area contributed by atoms with Crippen molar-refractivity contribution in [1.29, 1.82) is 0 Å². The van der Waals surface area contributed by atoms with Gasteiger partial charge in [-0.05, 0) is 6.07 Å². The summed E-state index contributed by atoms with van der Waals surface area (Å²) in [6.07, 6.45) is 2.91. The smallest absolute Gasteiger partial charge is 0.306 e. The van der Waals surface area contributed by atoms with Gasteiger partial charge in [0.25, 0.3) is 0 Å². The van der Waals surface area contributed by atoms with Crippen molar-refractivity contribution in [2.45, 2.75) is 26.7 Å². The highest BCUT2D eigenvalue weighted by Gasteiger charge is 2.12. The SMILES string of the molecule is CCc1nccc(CC(C)C(=O)O)n1. The number of aryl methyl sites for hydroxylation is 1. The lowest BCUT2D eigenvalue weighted by Crippen LogP contribution is -2.13. The quantitative estimate of drug-likeness (QED) is 0.784. The van der Waals surface area contributed by atoms with Crippen LogP contribution in [0, 0.1) is 5.92 Å². The maximum Gasteiger partial charge on any atom is 0.306 e. The summed E-state index contributed by atoms with van der Waals surface area (Å²) in [4.78, 5) is 18.9. The van der Waals surface area contributed by atoms with Crippen LogP contribution < -0.4 is 0 Å². The zero-order chi connectivity index (χ0) is 10.6. The van der Waals surface area contributed by atoms with Crippen LogP contribution in [-0.2, 0) is 17.6 Å². The Labute approximate surface area is 83.0 Å². The molecule has 0 bridgehead atoms. The summed E-state index contributed by atoms with van der Waals surface area (Å²) in [6, 6.07) is 1.76. The Balaban J connectivity index is 2.71. The summed E-state index contributed by atoms with van der Waals surface area (Å²) < 4.78 is 0. The van der Waals surface area contributed by atoms with Crippen LogP contribution in [0.1, 0.15) is 25.4 Å². The van der Waals surface area contributed by atoms with E-state index in [1.54, 1.807) is 19.2 Å². The lowest BCUT2D eigenvalue weighted by molar-refractivity contribution is -0.141. The molecule has 4 heteroatoms. The molecule has 0 aliphatic rings. The molecule has 0 saturated carbocycles. The normalized spacial score (nSPS) is 12.4. The van der Waals surface area contributed by atoms with Crippen LogP contribution in [0.25, 0.3) is 0 Å². The highest BCUT2D eigenvalue weighted by molar-refractivity contribution is 5.69. The molecule has 0 aliphatic heterocycles. The summed E-state index contributed by atoms with van der Waals surface area (Å²) >= 11 is 0. The largest absolute Gasteiger partial charge is 0.481 e. The number of hydrogen-bond donors (Lipinski definition) is 1. The van der Waals surface area contributed by atoms with Crippen molar-refractivity contribution in [3.63, 3.8) is 0 Å². The minimum atomic E-state index is -0.790. The van der Waals surface area contributed by atoms with Crippen molar-refractivity contribution in [2.75, 3.05) is 0 Å². The summed E-state index contributed by atoms with van der Waals surface area (Å²) in [5, 5.41) is 8.73. The molecule has 0 spiro atoms. The molecule has 1 atom stereocenters. The molecule has 1 aromatic rings. The van der Waals surface area contributed by atoms with Gasteiger partial charge in [0.2, 0.25) is 0 Å². The van der Waals surface area contributed by atoms with E-state index in [1.165, 1.54) is 0 Å². The topological polar surface area (TPSA) is 63.1 Å². The van der Waals surface area contributed by atoms with Crippen LogP contribution in [0.2, 0.25) is 0 Å². The molecule has 1 unspecified atom stereocenters. The molecule has 76 valence electrons. The number of hydrogen-bond acceptors (Lipinski definition) is 3. The predicted octanol–water partition coefficient (Wildman–Crippen LogP) is 1.30. The van der Waals surface area contributed by atoms with Gasteiger partial charge in [-0.1, -0.05) is 13.8 Å². The number of carboxylic acid groups (broad SMARTS) is 1.